The molecule has 27 heavy (non-hydrogen) atoms. The molecule has 0 fully saturated rings. The van der Waals surface area contributed by atoms with Crippen molar-refractivity contribution in [3.8, 4) is 17.2 Å². The maximum Gasteiger partial charge on any atom is 0.248 e. The lowest BCUT2D eigenvalue weighted by atomic mass is 10.2. The van der Waals surface area contributed by atoms with E-state index in [2.05, 4.69) is 5.32 Å². The van der Waals surface area contributed by atoms with Gasteiger partial charge in [-0.1, -0.05) is 6.07 Å². The van der Waals surface area contributed by atoms with Crippen LogP contribution in [0.2, 0.25) is 0 Å². The number of rotatable bonds is 9. The molecule has 2 aromatic rings. The third kappa shape index (κ3) is 6.39. The summed E-state index contributed by atoms with van der Waals surface area (Å²) in [5, 5.41) is 2.75. The van der Waals surface area contributed by atoms with Crippen LogP contribution in [0.15, 0.2) is 48.5 Å². The largest absolute Gasteiger partial charge is 0.493 e. The van der Waals surface area contributed by atoms with Crippen LogP contribution in [0.3, 0.4) is 0 Å². The van der Waals surface area contributed by atoms with E-state index in [0.29, 0.717) is 22.9 Å². The second-order valence-corrected chi connectivity index (χ2v) is 5.53. The molecule has 7 heteroatoms. The zero-order chi connectivity index (χ0) is 19.6. The van der Waals surface area contributed by atoms with E-state index in [1.165, 1.54) is 6.08 Å². The molecule has 0 spiro atoms. The van der Waals surface area contributed by atoms with Crippen molar-refractivity contribution in [1.29, 1.82) is 0 Å². The summed E-state index contributed by atoms with van der Waals surface area (Å²) in [5.74, 6) is 1.12. The first kappa shape index (κ1) is 19.8. The summed E-state index contributed by atoms with van der Waals surface area (Å²) >= 11 is 0. The minimum Gasteiger partial charge on any atom is -0.493 e. The van der Waals surface area contributed by atoms with Crippen LogP contribution in [0.4, 0.5) is 5.69 Å². The molecule has 0 saturated carbocycles. The molecule has 0 unspecified atom stereocenters. The van der Waals surface area contributed by atoms with Crippen LogP contribution >= 0.6 is 0 Å². The number of amides is 2. The van der Waals surface area contributed by atoms with Gasteiger partial charge in [0.05, 0.1) is 27.2 Å². The van der Waals surface area contributed by atoms with Crippen LogP contribution in [0.1, 0.15) is 12.0 Å². The van der Waals surface area contributed by atoms with Crippen molar-refractivity contribution in [2.24, 2.45) is 5.73 Å². The molecule has 0 atom stereocenters. The summed E-state index contributed by atoms with van der Waals surface area (Å²) in [6.45, 7) is 0.217. The highest BCUT2D eigenvalue weighted by Gasteiger charge is 2.04. The van der Waals surface area contributed by atoms with E-state index in [9.17, 15) is 9.59 Å². The van der Waals surface area contributed by atoms with Crippen molar-refractivity contribution >= 4 is 23.6 Å². The molecule has 0 aliphatic heterocycles. The number of carbonyl (C=O) groups excluding carboxylic acids is 2. The van der Waals surface area contributed by atoms with Gasteiger partial charge in [0.15, 0.2) is 11.5 Å². The Bertz CT molecular complexity index is 816. The molecule has 142 valence electrons. The summed E-state index contributed by atoms with van der Waals surface area (Å²) in [5.41, 5.74) is 6.48. The van der Waals surface area contributed by atoms with E-state index in [0.717, 1.165) is 5.56 Å². The normalized spacial score (nSPS) is 10.4. The van der Waals surface area contributed by atoms with E-state index in [1.807, 2.05) is 6.07 Å². The topological polar surface area (TPSA) is 99.9 Å². The van der Waals surface area contributed by atoms with Gasteiger partial charge in [0.25, 0.3) is 0 Å². The molecule has 0 radical (unpaired) electrons. The first-order valence-electron chi connectivity index (χ1n) is 8.24. The summed E-state index contributed by atoms with van der Waals surface area (Å²) in [7, 11) is 3.12. The monoisotopic (exact) mass is 370 g/mol. The SMILES string of the molecule is COc1ccc(C=CC(=O)Nc2ccc(OCCC(N)=O)cc2)cc1OC. The molecule has 0 heterocycles. The average Bonchev–Trinajstić information content (AvgIpc) is 2.67. The molecule has 7 nitrogen and oxygen atoms in total. The van der Waals surface area contributed by atoms with Crippen LogP contribution in [-0.4, -0.2) is 32.6 Å². The predicted molar refractivity (Wildman–Crippen MR) is 103 cm³/mol. The van der Waals surface area contributed by atoms with Crippen LogP contribution in [-0.2, 0) is 9.59 Å². The van der Waals surface area contributed by atoms with Crippen molar-refractivity contribution in [2.45, 2.75) is 6.42 Å². The van der Waals surface area contributed by atoms with Crippen LogP contribution in [0.25, 0.3) is 6.08 Å². The second kappa shape index (κ2) is 9.86. The number of ether oxygens (including phenoxy) is 3. The van der Waals surface area contributed by atoms with Crippen molar-refractivity contribution in [1.82, 2.24) is 0 Å². The Morgan fingerprint density at radius 3 is 2.37 bits per heavy atom. The van der Waals surface area contributed by atoms with E-state index >= 15 is 0 Å². The molecule has 3 N–H and O–H groups in total. The second-order valence-electron chi connectivity index (χ2n) is 5.53. The molecule has 2 aromatic carbocycles. The predicted octanol–water partition coefficient (Wildman–Crippen LogP) is 2.61. The lowest BCUT2D eigenvalue weighted by Crippen LogP contribution is -2.14. The van der Waals surface area contributed by atoms with Crippen LogP contribution in [0.5, 0.6) is 17.2 Å². The minimum absolute atomic E-state index is 0.152. The Morgan fingerprint density at radius 2 is 1.74 bits per heavy atom. The quantitative estimate of drug-likeness (QED) is 0.661. The summed E-state index contributed by atoms with van der Waals surface area (Å²) in [6, 6.07) is 12.2. The highest BCUT2D eigenvalue weighted by atomic mass is 16.5. The van der Waals surface area contributed by atoms with Crippen LogP contribution < -0.4 is 25.3 Å². The van der Waals surface area contributed by atoms with Gasteiger partial charge in [0, 0.05) is 11.8 Å². The van der Waals surface area contributed by atoms with Crippen LogP contribution in [0, 0.1) is 0 Å². The Kier molecular flexibility index (Phi) is 7.25. The van der Waals surface area contributed by atoms with Crippen molar-refractivity contribution < 1.29 is 23.8 Å². The lowest BCUT2D eigenvalue weighted by Gasteiger charge is -2.08. The maximum absolute atomic E-state index is 12.1. The molecule has 2 amide bonds. The third-order valence-electron chi connectivity index (χ3n) is 3.57. The number of carbonyl (C=O) groups is 2. The van der Waals surface area contributed by atoms with Crippen molar-refractivity contribution in [2.75, 3.05) is 26.1 Å². The van der Waals surface area contributed by atoms with Gasteiger partial charge in [-0.2, -0.15) is 0 Å². The zero-order valence-electron chi connectivity index (χ0n) is 15.2. The van der Waals surface area contributed by atoms with E-state index in [4.69, 9.17) is 19.9 Å². The molecule has 0 aromatic heterocycles. The zero-order valence-corrected chi connectivity index (χ0v) is 15.2. The van der Waals surface area contributed by atoms with E-state index in [-0.39, 0.29) is 18.9 Å². The molecule has 0 aliphatic carbocycles. The molecular formula is C20H22N2O5. The number of hydrogen-bond donors (Lipinski definition) is 2. The minimum atomic E-state index is -0.417. The molecule has 0 aliphatic rings. The number of anilines is 1. The van der Waals surface area contributed by atoms with Gasteiger partial charge < -0.3 is 25.3 Å². The number of primary amides is 1. The highest BCUT2D eigenvalue weighted by molar-refractivity contribution is 6.02. The van der Waals surface area contributed by atoms with Gasteiger partial charge in [0.2, 0.25) is 11.8 Å². The van der Waals surface area contributed by atoms with E-state index in [1.54, 1.807) is 56.7 Å². The highest BCUT2D eigenvalue weighted by Crippen LogP contribution is 2.28. The fourth-order valence-corrected chi connectivity index (χ4v) is 2.22. The standard InChI is InChI=1S/C20H22N2O5/c1-25-17-9-3-14(13-18(17)26-2)4-10-20(24)22-15-5-7-16(8-6-15)27-12-11-19(21)23/h3-10,13H,11-12H2,1-2H3,(H2,21,23)(H,22,24). The number of nitrogens with one attached hydrogen (secondary N) is 1. The maximum atomic E-state index is 12.1. The van der Waals surface area contributed by atoms with Crippen molar-refractivity contribution in [3.05, 3.63) is 54.1 Å². The van der Waals surface area contributed by atoms with E-state index < -0.39 is 5.91 Å². The molecule has 0 bridgehead atoms. The number of nitrogens with two attached hydrogens (primary N) is 1. The Labute approximate surface area is 157 Å². The van der Waals surface area contributed by atoms with Gasteiger partial charge in [-0.05, 0) is 48.0 Å². The van der Waals surface area contributed by atoms with Gasteiger partial charge in [-0.25, -0.2) is 0 Å². The number of benzene rings is 2. The summed E-state index contributed by atoms with van der Waals surface area (Å²) in [4.78, 5) is 22.7. The first-order chi connectivity index (χ1) is 13.0. The molecule has 2 rings (SSSR count). The smallest absolute Gasteiger partial charge is 0.248 e. The van der Waals surface area contributed by atoms with Gasteiger partial charge in [-0.15, -0.1) is 0 Å². The lowest BCUT2D eigenvalue weighted by molar-refractivity contribution is -0.118. The first-order valence-corrected chi connectivity index (χ1v) is 8.24. The molecule has 0 saturated heterocycles. The summed E-state index contributed by atoms with van der Waals surface area (Å²) < 4.78 is 15.8. The third-order valence-corrected chi connectivity index (χ3v) is 3.57. The van der Waals surface area contributed by atoms with Gasteiger partial charge >= 0.3 is 0 Å². The van der Waals surface area contributed by atoms with Gasteiger partial charge in [-0.3, -0.25) is 9.59 Å². The average molecular weight is 370 g/mol. The van der Waals surface area contributed by atoms with Gasteiger partial charge in [0.1, 0.15) is 5.75 Å². The Hall–Kier alpha value is -3.48. The fourth-order valence-electron chi connectivity index (χ4n) is 2.22. The molecular weight excluding hydrogens is 348 g/mol. The Balaban J connectivity index is 1.91. The Morgan fingerprint density at radius 1 is 1.04 bits per heavy atom. The van der Waals surface area contributed by atoms with Crippen molar-refractivity contribution in [3.63, 3.8) is 0 Å². The summed E-state index contributed by atoms with van der Waals surface area (Å²) in [6.07, 6.45) is 3.26. The number of hydrogen-bond acceptors (Lipinski definition) is 5. The fraction of sp³-hybridized carbons (Fsp3) is 0.200. The number of methoxy groups -OCH3 is 2.